The highest BCUT2D eigenvalue weighted by Gasteiger charge is 2.22. The van der Waals surface area contributed by atoms with Gasteiger partial charge in [-0.1, -0.05) is 272 Å². The predicted octanol–water partition coefficient (Wildman–Crippen LogP) is 19.1. The third-order valence-corrected chi connectivity index (χ3v) is 14.3. The number of ether oxygens (including phenoxy) is 4. The predicted molar refractivity (Wildman–Crippen MR) is 343 cm³/mol. The van der Waals surface area contributed by atoms with Crippen molar-refractivity contribution in [2.75, 3.05) is 47.5 Å². The number of unbranched alkanes of at least 4 members (excludes halogenated alkanes) is 30. The fourth-order valence-electron chi connectivity index (χ4n) is 9.22. The van der Waals surface area contributed by atoms with Crippen LogP contribution < -0.4 is 5.11 Å². The molecular weight excluding hydrogens is 1010 g/mol. The summed E-state index contributed by atoms with van der Waals surface area (Å²) < 4.78 is 22.7. The zero-order valence-electron chi connectivity index (χ0n) is 53.1. The van der Waals surface area contributed by atoms with Crippen LogP contribution in [-0.4, -0.2) is 82.3 Å². The Kier molecular flexibility index (Phi) is 59.3. The van der Waals surface area contributed by atoms with Crippen LogP contribution in [0.15, 0.2) is 97.2 Å². The van der Waals surface area contributed by atoms with E-state index in [4.69, 9.17) is 18.9 Å². The van der Waals surface area contributed by atoms with Crippen LogP contribution in [0.4, 0.5) is 0 Å². The molecule has 0 aliphatic rings. The van der Waals surface area contributed by atoms with Gasteiger partial charge in [0.05, 0.1) is 40.3 Å². The maximum absolute atomic E-state index is 12.9. The van der Waals surface area contributed by atoms with Crippen molar-refractivity contribution in [3.05, 3.63) is 97.2 Å². The zero-order chi connectivity index (χ0) is 59.1. The largest absolute Gasteiger partial charge is 0.545 e. The molecule has 0 bridgehead atoms. The fourth-order valence-corrected chi connectivity index (χ4v) is 9.22. The minimum Gasteiger partial charge on any atom is -0.545 e. The standard InChI is InChI=1S/C72H125NO8/c1-6-8-10-12-14-16-18-20-22-24-26-27-28-29-30-31-32-33-34-35-36-37-38-39-40-41-42-43-45-47-49-51-53-55-57-59-61-63-70(75)81-68(67-80-72(71(76)77)78-65-64-73(3,4)5)66-79-69(74)62-60-58-56-54-52-50-48-46-44-25-23-21-19-17-15-13-11-9-7-2/h8,10,14-17,20-23,26-27,29-30,44,46,68,72H,6-7,9,11-13,18-19,24-25,28,31-43,45,47-67H2,1-5H3/b10-8-,16-14-,17-15-,22-20-,23-21-,27-26-,30-29-,46-44-. The maximum atomic E-state index is 12.9. The van der Waals surface area contributed by atoms with Crippen molar-refractivity contribution >= 4 is 17.9 Å². The molecule has 0 fully saturated rings. The second-order valence-electron chi connectivity index (χ2n) is 23.4. The first-order valence-corrected chi connectivity index (χ1v) is 33.4. The second kappa shape index (κ2) is 62.3. The van der Waals surface area contributed by atoms with Crippen LogP contribution in [0.25, 0.3) is 0 Å². The molecule has 0 saturated carbocycles. The van der Waals surface area contributed by atoms with Crippen molar-refractivity contribution in [3.8, 4) is 0 Å². The van der Waals surface area contributed by atoms with E-state index in [0.717, 1.165) is 89.9 Å². The van der Waals surface area contributed by atoms with E-state index < -0.39 is 24.3 Å². The monoisotopic (exact) mass is 1130 g/mol. The van der Waals surface area contributed by atoms with E-state index in [-0.39, 0.29) is 38.6 Å². The van der Waals surface area contributed by atoms with Crippen LogP contribution in [0.5, 0.6) is 0 Å². The van der Waals surface area contributed by atoms with Gasteiger partial charge >= 0.3 is 11.9 Å². The van der Waals surface area contributed by atoms with Crippen LogP contribution >= 0.6 is 0 Å². The number of hydrogen-bond donors (Lipinski definition) is 0. The fraction of sp³-hybridized carbons (Fsp3) is 0.736. The molecule has 0 amide bonds. The summed E-state index contributed by atoms with van der Waals surface area (Å²) in [7, 11) is 5.92. The molecule has 0 rings (SSSR count). The quantitative estimate of drug-likeness (QED) is 0.0195. The molecule has 2 unspecified atom stereocenters. The Morgan fingerprint density at radius 2 is 0.704 bits per heavy atom. The van der Waals surface area contributed by atoms with Gasteiger partial charge in [-0.2, -0.15) is 0 Å². The van der Waals surface area contributed by atoms with E-state index >= 15 is 0 Å². The second-order valence-corrected chi connectivity index (χ2v) is 23.4. The Morgan fingerprint density at radius 3 is 1.05 bits per heavy atom. The van der Waals surface area contributed by atoms with E-state index in [0.29, 0.717) is 17.4 Å². The lowest BCUT2D eigenvalue weighted by atomic mass is 10.0. The Labute approximate surface area is 499 Å². The number of nitrogens with zero attached hydrogens (tertiary/aromatic N) is 1. The summed E-state index contributed by atoms with van der Waals surface area (Å²) >= 11 is 0. The lowest BCUT2D eigenvalue weighted by molar-refractivity contribution is -0.870. The van der Waals surface area contributed by atoms with Crippen molar-refractivity contribution in [2.45, 2.75) is 296 Å². The molecule has 0 saturated heterocycles. The highest BCUT2D eigenvalue weighted by Crippen LogP contribution is 2.17. The summed E-state index contributed by atoms with van der Waals surface area (Å²) in [4.78, 5) is 37.4. The molecular formula is C72H125NO8. The van der Waals surface area contributed by atoms with Crippen molar-refractivity contribution in [3.63, 3.8) is 0 Å². The number of hydrogen-bond acceptors (Lipinski definition) is 8. The van der Waals surface area contributed by atoms with Crippen molar-refractivity contribution in [2.24, 2.45) is 0 Å². The summed E-state index contributed by atoms with van der Waals surface area (Å²) in [5, 5.41) is 11.8. The zero-order valence-corrected chi connectivity index (χ0v) is 53.1. The molecule has 0 heterocycles. The van der Waals surface area contributed by atoms with Crippen LogP contribution in [-0.2, 0) is 33.3 Å². The van der Waals surface area contributed by atoms with Crippen LogP contribution in [0.1, 0.15) is 284 Å². The van der Waals surface area contributed by atoms with E-state index in [1.165, 1.54) is 161 Å². The van der Waals surface area contributed by atoms with Crippen molar-refractivity contribution < 1.29 is 42.9 Å². The lowest BCUT2D eigenvalue weighted by Gasteiger charge is -2.26. The van der Waals surface area contributed by atoms with Crippen molar-refractivity contribution in [1.29, 1.82) is 0 Å². The highest BCUT2D eigenvalue weighted by molar-refractivity contribution is 5.70. The Hall–Kier alpha value is -3.79. The van der Waals surface area contributed by atoms with Crippen LogP contribution in [0.2, 0.25) is 0 Å². The number of carbonyl (C=O) groups excluding carboxylic acids is 3. The number of aliphatic carboxylic acids is 1. The Morgan fingerprint density at radius 1 is 0.383 bits per heavy atom. The minimum absolute atomic E-state index is 0.143. The number of allylic oxidation sites excluding steroid dienone is 16. The number of rotatable bonds is 61. The van der Waals surface area contributed by atoms with Gasteiger partial charge in [0.25, 0.3) is 0 Å². The number of carboxylic acids is 1. The van der Waals surface area contributed by atoms with Crippen molar-refractivity contribution in [1.82, 2.24) is 0 Å². The number of quaternary nitrogens is 1. The summed E-state index contributed by atoms with van der Waals surface area (Å²) in [5.74, 6) is -2.29. The molecule has 0 aliphatic carbocycles. The summed E-state index contributed by atoms with van der Waals surface area (Å²) in [6.07, 6.45) is 82.0. The molecule has 0 aromatic rings. The first-order valence-electron chi connectivity index (χ1n) is 33.4. The number of carboxylic acid groups (broad SMARTS) is 1. The third-order valence-electron chi connectivity index (χ3n) is 14.3. The molecule has 9 nitrogen and oxygen atoms in total. The minimum atomic E-state index is -1.63. The molecule has 2 atom stereocenters. The SMILES string of the molecule is CC/C=C\C/C=C\C/C=C\C/C=C\C/C=C\CCCCCCCCCCCCCCCCCCCCCCCC(=O)OC(COC(=O)CCCCCCCC/C=C\C/C=C\C/C=C\CCCCC)COC(OCC[N+](C)(C)C)C(=O)[O-]. The van der Waals surface area contributed by atoms with Crippen LogP contribution in [0.3, 0.4) is 0 Å². The van der Waals surface area contributed by atoms with Gasteiger partial charge in [-0.05, 0) is 96.3 Å². The number of likely N-dealkylation sites (N-methyl/N-ethyl adjacent to an activating group) is 1. The lowest BCUT2D eigenvalue weighted by Crippen LogP contribution is -2.44. The molecule has 0 aromatic carbocycles. The third kappa shape index (κ3) is 63.6. The molecule has 466 valence electrons. The molecule has 9 heteroatoms. The Bertz CT molecular complexity index is 1650. The normalized spacial score (nSPS) is 13.3. The molecule has 0 aliphatic heterocycles. The molecule has 0 radical (unpaired) electrons. The molecule has 0 spiro atoms. The summed E-state index contributed by atoms with van der Waals surface area (Å²) in [6.45, 7) is 4.61. The van der Waals surface area contributed by atoms with Gasteiger partial charge in [-0.3, -0.25) is 9.59 Å². The Balaban J connectivity index is 4.07. The molecule has 0 aromatic heterocycles. The summed E-state index contributed by atoms with van der Waals surface area (Å²) in [6, 6.07) is 0. The van der Waals surface area contributed by atoms with Crippen LogP contribution in [0, 0.1) is 0 Å². The topological polar surface area (TPSA) is 111 Å². The average Bonchev–Trinajstić information content (AvgIpc) is 3.44. The van der Waals surface area contributed by atoms with E-state index in [2.05, 4.69) is 111 Å². The van der Waals surface area contributed by atoms with Gasteiger partial charge in [0, 0.05) is 12.8 Å². The van der Waals surface area contributed by atoms with Gasteiger partial charge in [-0.25, -0.2) is 0 Å². The highest BCUT2D eigenvalue weighted by atomic mass is 16.7. The van der Waals surface area contributed by atoms with E-state index in [1.807, 2.05) is 21.1 Å². The first kappa shape index (κ1) is 77.2. The molecule has 81 heavy (non-hydrogen) atoms. The smallest absolute Gasteiger partial charge is 0.306 e. The van der Waals surface area contributed by atoms with Gasteiger partial charge in [-0.15, -0.1) is 0 Å². The van der Waals surface area contributed by atoms with Gasteiger partial charge in [0.2, 0.25) is 0 Å². The summed E-state index contributed by atoms with van der Waals surface area (Å²) in [5.41, 5.74) is 0. The van der Waals surface area contributed by atoms with Gasteiger partial charge in [0.1, 0.15) is 13.2 Å². The van der Waals surface area contributed by atoms with E-state index in [9.17, 15) is 19.5 Å². The van der Waals surface area contributed by atoms with Gasteiger partial charge in [0.15, 0.2) is 12.4 Å². The first-order chi connectivity index (χ1) is 39.6. The van der Waals surface area contributed by atoms with E-state index in [1.54, 1.807) is 0 Å². The number of esters is 2. The van der Waals surface area contributed by atoms with Gasteiger partial charge < -0.3 is 33.3 Å². The number of carbonyl (C=O) groups is 3. The maximum Gasteiger partial charge on any atom is 0.306 e. The molecule has 0 N–H and O–H groups in total. The average molecular weight is 1130 g/mol.